The summed E-state index contributed by atoms with van der Waals surface area (Å²) in [4.78, 5) is 31.0. The van der Waals surface area contributed by atoms with Gasteiger partial charge in [-0.05, 0) is 55.9 Å². The molecule has 1 fully saturated rings. The van der Waals surface area contributed by atoms with Gasteiger partial charge < -0.3 is 10.2 Å². The van der Waals surface area contributed by atoms with Crippen molar-refractivity contribution < 1.29 is 18.0 Å². The van der Waals surface area contributed by atoms with Crippen LogP contribution < -0.4 is 10.5 Å². The normalized spacial score (nSPS) is 17.4. The Morgan fingerprint density at radius 1 is 1.38 bits per heavy atom. The predicted octanol–water partition coefficient (Wildman–Crippen LogP) is 2.48. The number of aryl methyl sites for hydroxylation is 1. The monoisotopic (exact) mass is 434 g/mol. The highest BCUT2D eigenvalue weighted by Gasteiger charge is 2.41. The van der Waals surface area contributed by atoms with Crippen LogP contribution in [0.2, 0.25) is 0 Å². The zero-order valence-corrected chi connectivity index (χ0v) is 18.0. The van der Waals surface area contributed by atoms with Crippen molar-refractivity contribution >= 4 is 38.3 Å². The Kier molecular flexibility index (Phi) is 4.75. The number of fused-ring (bicyclic) bond motifs is 1. The van der Waals surface area contributed by atoms with Gasteiger partial charge in [0.1, 0.15) is 0 Å². The van der Waals surface area contributed by atoms with Gasteiger partial charge in [-0.15, -0.1) is 0 Å². The van der Waals surface area contributed by atoms with Crippen molar-refractivity contribution in [3.8, 4) is 10.4 Å². The molecule has 2 amide bonds. The van der Waals surface area contributed by atoms with Crippen molar-refractivity contribution in [2.24, 2.45) is 11.1 Å². The second kappa shape index (κ2) is 6.89. The molecular weight excluding hydrogens is 412 g/mol. The molecule has 0 spiro atoms. The van der Waals surface area contributed by atoms with Crippen LogP contribution >= 0.6 is 11.3 Å². The molecule has 4 rings (SSSR count). The number of nitrogens with two attached hydrogens (primary N) is 1. The largest absolute Gasteiger partial charge is 0.331 e. The third kappa shape index (κ3) is 3.67. The maximum absolute atomic E-state index is 13.0. The topological polar surface area (TPSA) is 122 Å². The summed E-state index contributed by atoms with van der Waals surface area (Å²) in [6, 6.07) is 3.33. The van der Waals surface area contributed by atoms with Gasteiger partial charge in [-0.3, -0.25) is 9.59 Å². The molecule has 3 N–H and O–H groups in total. The van der Waals surface area contributed by atoms with E-state index in [1.807, 2.05) is 13.0 Å². The molecule has 10 heteroatoms. The van der Waals surface area contributed by atoms with Crippen LogP contribution in [-0.4, -0.2) is 36.2 Å². The van der Waals surface area contributed by atoms with Gasteiger partial charge >= 0.3 is 0 Å². The summed E-state index contributed by atoms with van der Waals surface area (Å²) in [6.45, 7) is 5.55. The summed E-state index contributed by atoms with van der Waals surface area (Å²) in [5.74, 6) is -0.0515. The van der Waals surface area contributed by atoms with Gasteiger partial charge in [0.25, 0.3) is 5.91 Å². The highest BCUT2D eigenvalue weighted by atomic mass is 32.2. The van der Waals surface area contributed by atoms with E-state index in [0.717, 1.165) is 17.7 Å². The molecule has 154 valence electrons. The number of primary sulfonamides is 1. The number of nitrogens with one attached hydrogen (secondary N) is 1. The number of thiazole rings is 1. The fraction of sp³-hybridized carbons (Fsp3) is 0.421. The van der Waals surface area contributed by atoms with Gasteiger partial charge in [0, 0.05) is 19.5 Å². The summed E-state index contributed by atoms with van der Waals surface area (Å²) >= 11 is 1.25. The van der Waals surface area contributed by atoms with Crippen LogP contribution in [0.4, 0.5) is 5.13 Å². The Morgan fingerprint density at radius 2 is 2.07 bits per heavy atom. The van der Waals surface area contributed by atoms with Crippen LogP contribution in [0.5, 0.6) is 0 Å². The lowest BCUT2D eigenvalue weighted by Gasteiger charge is -2.24. The molecule has 1 saturated carbocycles. The number of carbonyl (C=O) groups is 2. The minimum absolute atomic E-state index is 0.0585. The Labute approximate surface area is 173 Å². The van der Waals surface area contributed by atoms with Crippen molar-refractivity contribution in [1.29, 1.82) is 0 Å². The number of aromatic nitrogens is 1. The molecule has 0 bridgehead atoms. The van der Waals surface area contributed by atoms with Crippen LogP contribution in [0.1, 0.15) is 48.3 Å². The van der Waals surface area contributed by atoms with E-state index < -0.39 is 10.0 Å². The van der Waals surface area contributed by atoms with Crippen LogP contribution in [0.3, 0.4) is 0 Å². The zero-order chi connectivity index (χ0) is 21.1. The number of hydrogen-bond acceptors (Lipinski definition) is 6. The van der Waals surface area contributed by atoms with Crippen molar-refractivity contribution in [2.45, 2.75) is 51.1 Å². The van der Waals surface area contributed by atoms with Crippen LogP contribution in [0.25, 0.3) is 10.4 Å². The van der Waals surface area contributed by atoms with E-state index >= 15 is 0 Å². The maximum Gasteiger partial charge on any atom is 0.256 e. The first-order valence-electron chi connectivity index (χ1n) is 9.32. The van der Waals surface area contributed by atoms with Crippen molar-refractivity contribution in [2.75, 3.05) is 5.32 Å². The van der Waals surface area contributed by atoms with Gasteiger partial charge in [-0.25, -0.2) is 18.5 Å². The highest BCUT2D eigenvalue weighted by Crippen LogP contribution is 2.42. The van der Waals surface area contributed by atoms with E-state index in [1.54, 1.807) is 11.8 Å². The molecule has 29 heavy (non-hydrogen) atoms. The second-order valence-corrected chi connectivity index (χ2v) is 10.2. The maximum atomic E-state index is 13.0. The summed E-state index contributed by atoms with van der Waals surface area (Å²) < 4.78 is 24.6. The Bertz CT molecular complexity index is 1140. The average molecular weight is 435 g/mol. The Morgan fingerprint density at radius 3 is 2.66 bits per heavy atom. The van der Waals surface area contributed by atoms with Gasteiger partial charge in [0.05, 0.1) is 21.0 Å². The number of amides is 2. The summed E-state index contributed by atoms with van der Waals surface area (Å²) in [7, 11) is -4.10. The number of anilines is 1. The first-order valence-corrected chi connectivity index (χ1v) is 11.7. The van der Waals surface area contributed by atoms with Gasteiger partial charge in [-0.1, -0.05) is 11.3 Å². The standard InChI is InChI=1S/C19H22N4O4S2/c1-9-17(28-19(21-9)22-11(3)24)13-6-14-8-23(10(2)12-4-5-12)18(25)16(14)15(7-13)29(20,26)27/h6-7,10,12H,4-5,8H2,1-3H3,(H2,20,26,27)(H,21,22,24). The SMILES string of the molecule is CC(=O)Nc1nc(C)c(-c2cc3c(c(S(N)(=O)=O)c2)C(=O)N(C(C)C2CC2)C3)s1. The summed E-state index contributed by atoms with van der Waals surface area (Å²) in [6.07, 6.45) is 2.17. The van der Waals surface area contributed by atoms with Crippen molar-refractivity contribution in [3.05, 3.63) is 29.0 Å². The fourth-order valence-corrected chi connectivity index (χ4v) is 5.62. The molecule has 2 aromatic rings. The number of benzene rings is 1. The number of rotatable bonds is 5. The van der Waals surface area contributed by atoms with E-state index in [2.05, 4.69) is 10.3 Å². The van der Waals surface area contributed by atoms with Crippen molar-refractivity contribution in [3.63, 3.8) is 0 Å². The predicted molar refractivity (Wildman–Crippen MR) is 110 cm³/mol. The zero-order valence-electron chi connectivity index (χ0n) is 16.4. The molecule has 1 aromatic heterocycles. The van der Waals surface area contributed by atoms with Crippen molar-refractivity contribution in [1.82, 2.24) is 9.88 Å². The molecule has 0 radical (unpaired) electrons. The number of nitrogens with zero attached hydrogens (tertiary/aromatic N) is 2. The third-order valence-electron chi connectivity index (χ3n) is 5.44. The fourth-order valence-electron chi connectivity index (χ4n) is 3.83. The molecular formula is C19H22N4O4S2. The molecule has 1 aliphatic heterocycles. The third-order valence-corrected chi connectivity index (χ3v) is 7.50. The lowest BCUT2D eigenvalue weighted by atomic mass is 10.0. The average Bonchev–Trinajstić information content (AvgIpc) is 3.33. The van der Waals surface area contributed by atoms with Gasteiger partial charge in [-0.2, -0.15) is 0 Å². The highest BCUT2D eigenvalue weighted by molar-refractivity contribution is 7.89. The van der Waals surface area contributed by atoms with E-state index in [9.17, 15) is 18.0 Å². The lowest BCUT2D eigenvalue weighted by molar-refractivity contribution is -0.114. The van der Waals surface area contributed by atoms with E-state index in [0.29, 0.717) is 34.4 Å². The molecule has 2 aliphatic rings. The Balaban J connectivity index is 1.82. The first-order chi connectivity index (χ1) is 13.6. The minimum atomic E-state index is -4.10. The molecule has 8 nitrogen and oxygen atoms in total. The second-order valence-electron chi connectivity index (χ2n) is 7.68. The molecule has 0 saturated heterocycles. The van der Waals surface area contributed by atoms with E-state index in [1.165, 1.54) is 24.3 Å². The smallest absolute Gasteiger partial charge is 0.256 e. The molecule has 1 aromatic carbocycles. The molecule has 2 heterocycles. The Hall–Kier alpha value is -2.30. The van der Waals surface area contributed by atoms with E-state index in [-0.39, 0.29) is 28.3 Å². The summed E-state index contributed by atoms with van der Waals surface area (Å²) in [5, 5.41) is 8.55. The number of hydrogen-bond donors (Lipinski definition) is 2. The number of sulfonamides is 1. The molecule has 1 unspecified atom stereocenters. The van der Waals surface area contributed by atoms with Crippen LogP contribution in [0.15, 0.2) is 17.0 Å². The van der Waals surface area contributed by atoms with Gasteiger partial charge in [0.15, 0.2) is 5.13 Å². The molecule has 1 atom stereocenters. The first kappa shape index (κ1) is 20.0. The van der Waals surface area contributed by atoms with Crippen LogP contribution in [-0.2, 0) is 21.4 Å². The quantitative estimate of drug-likeness (QED) is 0.748. The van der Waals surface area contributed by atoms with E-state index in [4.69, 9.17) is 5.14 Å². The molecule has 1 aliphatic carbocycles. The minimum Gasteiger partial charge on any atom is -0.331 e. The number of carbonyl (C=O) groups excluding carboxylic acids is 2. The lowest BCUT2D eigenvalue weighted by Crippen LogP contribution is -2.35. The van der Waals surface area contributed by atoms with Crippen LogP contribution in [0, 0.1) is 12.8 Å². The summed E-state index contributed by atoms with van der Waals surface area (Å²) in [5.41, 5.74) is 2.10. The van der Waals surface area contributed by atoms with Gasteiger partial charge in [0.2, 0.25) is 15.9 Å².